The summed E-state index contributed by atoms with van der Waals surface area (Å²) >= 11 is 13.4. The summed E-state index contributed by atoms with van der Waals surface area (Å²) in [5.74, 6) is -0.0461. The number of hydrogen-bond acceptors (Lipinski definition) is 4. The van der Waals surface area contributed by atoms with E-state index >= 15 is 0 Å². The highest BCUT2D eigenvalue weighted by Crippen LogP contribution is 2.44. The molecule has 1 amide bonds. The van der Waals surface area contributed by atoms with Crippen molar-refractivity contribution in [2.45, 2.75) is 11.3 Å². The number of carbonyl (C=O) groups excluding carboxylic acids is 1. The number of amides is 1. The molecule has 0 bridgehead atoms. The van der Waals surface area contributed by atoms with Gasteiger partial charge in [-0.1, -0.05) is 54.1 Å². The fraction of sp³-hybridized carbons (Fsp3) is 0.0952. The summed E-state index contributed by atoms with van der Waals surface area (Å²) < 4.78 is 0. The molecular weight excluding hydrogens is 410 g/mol. The smallest absolute Gasteiger partial charge is 0.249 e. The average molecular weight is 424 g/mol. The third-order valence-electron chi connectivity index (χ3n) is 4.90. The van der Waals surface area contributed by atoms with Crippen molar-refractivity contribution in [1.82, 2.24) is 10.3 Å². The van der Waals surface area contributed by atoms with Crippen LogP contribution in [0.3, 0.4) is 0 Å². The van der Waals surface area contributed by atoms with Crippen LogP contribution in [0.4, 0.5) is 5.69 Å². The number of nitrogens with one attached hydrogen (secondary N) is 1. The number of thioether (sulfide) groups is 1. The second-order valence-corrected chi connectivity index (χ2v) is 8.56. The van der Waals surface area contributed by atoms with Crippen molar-refractivity contribution in [3.05, 3.63) is 77.6 Å². The van der Waals surface area contributed by atoms with Crippen LogP contribution in [0.25, 0.3) is 15.7 Å². The van der Waals surface area contributed by atoms with Gasteiger partial charge in [0.1, 0.15) is 5.25 Å². The maximum atomic E-state index is 13.4. The Kier molecular flexibility index (Phi) is 4.34. The largest absolute Gasteiger partial charge is 0.354 e. The molecule has 3 heterocycles. The molecule has 5 rings (SSSR count). The molecule has 1 fully saturated rings. The molecule has 0 aliphatic carbocycles. The molecule has 1 N–H and O–H groups in total. The Morgan fingerprint density at radius 3 is 2.75 bits per heavy atom. The first-order chi connectivity index (χ1) is 13.6. The van der Waals surface area contributed by atoms with Gasteiger partial charge in [0.25, 0.3) is 0 Å². The van der Waals surface area contributed by atoms with Crippen molar-refractivity contribution in [2.75, 3.05) is 4.90 Å². The minimum atomic E-state index is -0.308. The number of anilines is 1. The first-order valence-electron chi connectivity index (χ1n) is 8.74. The molecule has 1 aromatic heterocycles. The fourth-order valence-corrected chi connectivity index (χ4v) is 5.50. The monoisotopic (exact) mass is 423 g/mol. The molecule has 2 aliphatic rings. The van der Waals surface area contributed by atoms with Gasteiger partial charge in [0.2, 0.25) is 5.91 Å². The fourth-order valence-electron chi connectivity index (χ4n) is 3.58. The molecule has 1 saturated heterocycles. The zero-order valence-corrected chi connectivity index (χ0v) is 16.9. The molecule has 2 atom stereocenters. The van der Waals surface area contributed by atoms with Crippen LogP contribution < -0.4 is 10.2 Å². The van der Waals surface area contributed by atoms with Gasteiger partial charge in [-0.2, -0.15) is 0 Å². The lowest BCUT2D eigenvalue weighted by atomic mass is 10.1. The van der Waals surface area contributed by atoms with Gasteiger partial charge in [0, 0.05) is 32.5 Å². The number of halogens is 1. The van der Waals surface area contributed by atoms with Crippen molar-refractivity contribution >= 4 is 68.0 Å². The number of hydrogen-bond donors (Lipinski definition) is 1. The van der Waals surface area contributed by atoms with Gasteiger partial charge in [-0.25, -0.2) is 0 Å². The van der Waals surface area contributed by atoms with Gasteiger partial charge in [-0.3, -0.25) is 14.7 Å². The van der Waals surface area contributed by atoms with Gasteiger partial charge >= 0.3 is 0 Å². The van der Waals surface area contributed by atoms with E-state index in [4.69, 9.17) is 23.8 Å². The van der Waals surface area contributed by atoms with Gasteiger partial charge in [0.05, 0.1) is 17.9 Å². The van der Waals surface area contributed by atoms with Crippen molar-refractivity contribution in [3.63, 3.8) is 0 Å². The quantitative estimate of drug-likeness (QED) is 0.608. The second-order valence-electron chi connectivity index (χ2n) is 6.58. The predicted molar refractivity (Wildman–Crippen MR) is 120 cm³/mol. The molecule has 2 aliphatic heterocycles. The second kappa shape index (κ2) is 6.88. The lowest BCUT2D eigenvalue weighted by molar-refractivity contribution is -0.117. The summed E-state index contributed by atoms with van der Waals surface area (Å²) in [5, 5.41) is 5.97. The summed E-state index contributed by atoms with van der Waals surface area (Å²) in [6.45, 7) is 0. The van der Waals surface area contributed by atoms with E-state index < -0.39 is 0 Å². The van der Waals surface area contributed by atoms with E-state index in [0.29, 0.717) is 15.8 Å². The van der Waals surface area contributed by atoms with E-state index in [1.807, 2.05) is 54.6 Å². The Labute approximate surface area is 176 Å². The lowest BCUT2D eigenvalue weighted by Crippen LogP contribution is -2.60. The van der Waals surface area contributed by atoms with Crippen LogP contribution in [0.15, 0.2) is 67.0 Å². The summed E-state index contributed by atoms with van der Waals surface area (Å²) in [6, 6.07) is 15.3. The summed E-state index contributed by atoms with van der Waals surface area (Å²) in [4.78, 5) is 20.3. The molecule has 138 valence electrons. The highest BCUT2D eigenvalue weighted by atomic mass is 35.5. The van der Waals surface area contributed by atoms with Crippen LogP contribution in [-0.2, 0) is 4.79 Å². The standard InChI is InChI=1S/C21H14ClN3OS2/c22-15-8-4-3-7-14(15)18-9-16-19(28-18)20(26)25(21(27)24-16)17-11-23-10-12-5-1-2-6-13(12)17/h1-11,16,19H,(H,24,27). The Bertz CT molecular complexity index is 1160. The van der Waals surface area contributed by atoms with E-state index in [0.717, 1.165) is 21.2 Å². The Hall–Kier alpha value is -2.41. The van der Waals surface area contributed by atoms with E-state index in [1.54, 1.807) is 17.3 Å². The number of fused-ring (bicyclic) bond motifs is 2. The Balaban J connectivity index is 1.52. The number of thiocarbonyl (C=S) groups is 1. The number of nitrogens with zero attached hydrogens (tertiary/aromatic N) is 2. The van der Waals surface area contributed by atoms with Gasteiger partial charge in [0.15, 0.2) is 5.11 Å². The molecule has 4 nitrogen and oxygen atoms in total. The van der Waals surface area contributed by atoms with Gasteiger partial charge in [-0.05, 0) is 24.4 Å². The third-order valence-corrected chi connectivity index (χ3v) is 6.88. The van der Waals surface area contributed by atoms with Gasteiger partial charge < -0.3 is 5.32 Å². The summed E-state index contributed by atoms with van der Waals surface area (Å²) in [5.41, 5.74) is 1.63. The summed E-state index contributed by atoms with van der Waals surface area (Å²) in [7, 11) is 0. The molecule has 0 radical (unpaired) electrons. The maximum absolute atomic E-state index is 13.4. The number of rotatable bonds is 2. The predicted octanol–water partition coefficient (Wildman–Crippen LogP) is 4.63. The number of pyridine rings is 1. The van der Waals surface area contributed by atoms with Crippen LogP contribution in [0.2, 0.25) is 5.02 Å². The Morgan fingerprint density at radius 2 is 1.89 bits per heavy atom. The van der Waals surface area contributed by atoms with Gasteiger partial charge in [-0.15, -0.1) is 11.8 Å². The van der Waals surface area contributed by atoms with E-state index in [2.05, 4.69) is 10.3 Å². The highest BCUT2D eigenvalue weighted by molar-refractivity contribution is 8.09. The van der Waals surface area contributed by atoms with Crippen molar-refractivity contribution < 1.29 is 4.79 Å². The first-order valence-corrected chi connectivity index (χ1v) is 10.4. The third kappa shape index (κ3) is 2.80. The van der Waals surface area contributed by atoms with Crippen molar-refractivity contribution in [3.8, 4) is 0 Å². The van der Waals surface area contributed by atoms with Crippen LogP contribution in [0.5, 0.6) is 0 Å². The molecule has 3 aromatic rings. The summed E-state index contributed by atoms with van der Waals surface area (Å²) in [6.07, 6.45) is 5.52. The zero-order valence-electron chi connectivity index (χ0n) is 14.5. The lowest BCUT2D eigenvalue weighted by Gasteiger charge is -2.35. The topological polar surface area (TPSA) is 45.2 Å². The highest BCUT2D eigenvalue weighted by Gasteiger charge is 2.44. The van der Waals surface area contributed by atoms with E-state index in [-0.39, 0.29) is 17.2 Å². The van der Waals surface area contributed by atoms with Crippen LogP contribution in [0.1, 0.15) is 5.56 Å². The first kappa shape index (κ1) is 17.7. The normalized spacial score (nSPS) is 21.5. The van der Waals surface area contributed by atoms with Crippen molar-refractivity contribution in [2.24, 2.45) is 0 Å². The minimum absolute atomic E-state index is 0.0461. The average Bonchev–Trinajstić information content (AvgIpc) is 3.12. The number of benzene rings is 2. The zero-order chi connectivity index (χ0) is 19.3. The number of carbonyl (C=O) groups is 1. The molecule has 2 aromatic carbocycles. The molecule has 0 saturated carbocycles. The maximum Gasteiger partial charge on any atom is 0.249 e. The Morgan fingerprint density at radius 1 is 1.11 bits per heavy atom. The molecular formula is C21H14ClN3OS2. The van der Waals surface area contributed by atoms with Crippen LogP contribution in [-0.4, -0.2) is 27.3 Å². The van der Waals surface area contributed by atoms with Crippen LogP contribution in [0, 0.1) is 0 Å². The molecule has 7 heteroatoms. The molecule has 2 unspecified atom stereocenters. The number of aromatic nitrogens is 1. The molecule has 28 heavy (non-hydrogen) atoms. The minimum Gasteiger partial charge on any atom is -0.354 e. The van der Waals surface area contributed by atoms with Crippen molar-refractivity contribution in [1.29, 1.82) is 0 Å². The SMILES string of the molecule is O=C1C2SC(c3ccccc3Cl)=CC2NC(=S)N1c1cncc2ccccc12. The van der Waals surface area contributed by atoms with E-state index in [1.165, 1.54) is 11.8 Å². The van der Waals surface area contributed by atoms with Crippen LogP contribution >= 0.6 is 35.6 Å². The molecule has 0 spiro atoms. The van der Waals surface area contributed by atoms with E-state index in [9.17, 15) is 4.79 Å².